The molecule has 0 spiro atoms. The normalized spacial score (nSPS) is 16.8. The molecule has 1 atom stereocenters. The largest absolute Gasteiger partial charge is 0.398 e. The van der Waals surface area contributed by atoms with E-state index < -0.39 is 0 Å². The molecule has 1 unspecified atom stereocenters. The second-order valence-electron chi connectivity index (χ2n) is 4.76. The van der Waals surface area contributed by atoms with Crippen LogP contribution >= 0.6 is 15.9 Å². The maximum absolute atomic E-state index is 5.90. The van der Waals surface area contributed by atoms with E-state index in [4.69, 9.17) is 5.73 Å². The highest BCUT2D eigenvalue weighted by atomic mass is 79.9. The summed E-state index contributed by atoms with van der Waals surface area (Å²) in [5.41, 5.74) is 7.55. The number of tetrazole rings is 1. The minimum atomic E-state index is 0.347. The zero-order valence-electron chi connectivity index (χ0n) is 10.0. The van der Waals surface area contributed by atoms with Gasteiger partial charge in [-0.2, -0.15) is 0 Å². The predicted molar refractivity (Wildman–Crippen MR) is 72.8 cm³/mol. The van der Waals surface area contributed by atoms with Crippen molar-refractivity contribution in [2.45, 2.75) is 25.8 Å². The number of nitrogens with two attached hydrogens (primary N) is 1. The van der Waals surface area contributed by atoms with Crippen LogP contribution in [-0.2, 0) is 0 Å². The van der Waals surface area contributed by atoms with E-state index in [-0.39, 0.29) is 0 Å². The lowest BCUT2D eigenvalue weighted by Crippen LogP contribution is -2.11. The van der Waals surface area contributed by atoms with Crippen molar-refractivity contribution in [1.82, 2.24) is 20.2 Å². The molecule has 2 N–H and O–H groups in total. The van der Waals surface area contributed by atoms with Gasteiger partial charge in [0.25, 0.3) is 0 Å². The number of rotatable bonds is 3. The van der Waals surface area contributed by atoms with Crippen molar-refractivity contribution in [2.75, 3.05) is 5.73 Å². The van der Waals surface area contributed by atoms with Gasteiger partial charge in [-0.3, -0.25) is 0 Å². The lowest BCUT2D eigenvalue weighted by molar-refractivity contribution is 0.433. The summed E-state index contributed by atoms with van der Waals surface area (Å²) >= 11 is 3.39. The molecule has 5 nitrogen and oxygen atoms in total. The molecule has 0 saturated heterocycles. The van der Waals surface area contributed by atoms with Gasteiger partial charge < -0.3 is 5.73 Å². The first-order chi connectivity index (χ1) is 8.66. The molecule has 94 valence electrons. The Morgan fingerprint density at radius 3 is 2.89 bits per heavy atom. The van der Waals surface area contributed by atoms with Crippen molar-refractivity contribution >= 4 is 21.6 Å². The second kappa shape index (κ2) is 4.35. The molecule has 18 heavy (non-hydrogen) atoms. The van der Waals surface area contributed by atoms with E-state index >= 15 is 0 Å². The van der Waals surface area contributed by atoms with Crippen molar-refractivity contribution in [2.24, 2.45) is 5.92 Å². The molecule has 0 amide bonds. The van der Waals surface area contributed by atoms with Crippen LogP contribution in [-0.4, -0.2) is 20.2 Å². The quantitative estimate of drug-likeness (QED) is 0.885. The highest BCUT2D eigenvalue weighted by Crippen LogP contribution is 2.40. The Labute approximate surface area is 113 Å². The summed E-state index contributed by atoms with van der Waals surface area (Å²) in [4.78, 5) is 0. The molecule has 6 heteroatoms. The Bertz CT molecular complexity index is 576. The van der Waals surface area contributed by atoms with Gasteiger partial charge in [-0.15, -0.1) is 5.10 Å². The lowest BCUT2D eigenvalue weighted by atomic mass is 10.1. The molecule has 0 bridgehead atoms. The van der Waals surface area contributed by atoms with E-state index in [9.17, 15) is 0 Å². The monoisotopic (exact) mass is 307 g/mol. The fourth-order valence-electron chi connectivity index (χ4n) is 2.12. The van der Waals surface area contributed by atoms with Gasteiger partial charge in [0, 0.05) is 15.7 Å². The smallest absolute Gasteiger partial charge is 0.182 e. The zero-order valence-corrected chi connectivity index (χ0v) is 11.6. The lowest BCUT2D eigenvalue weighted by Gasteiger charge is -2.12. The first-order valence-electron chi connectivity index (χ1n) is 6.00. The number of hydrogen-bond acceptors (Lipinski definition) is 4. The molecule has 1 aromatic carbocycles. The van der Waals surface area contributed by atoms with Crippen LogP contribution in [0.1, 0.15) is 25.8 Å². The van der Waals surface area contributed by atoms with Crippen molar-refractivity contribution in [1.29, 1.82) is 0 Å². The summed E-state index contributed by atoms with van der Waals surface area (Å²) in [7, 11) is 0. The van der Waals surface area contributed by atoms with Gasteiger partial charge in [-0.25, -0.2) is 4.68 Å². The number of halogens is 1. The summed E-state index contributed by atoms with van der Waals surface area (Å²) < 4.78 is 2.79. The van der Waals surface area contributed by atoms with Gasteiger partial charge in [-0.1, -0.05) is 0 Å². The molecule has 1 fully saturated rings. The van der Waals surface area contributed by atoms with E-state index in [2.05, 4.69) is 38.4 Å². The molecular formula is C12H14BrN5. The van der Waals surface area contributed by atoms with Gasteiger partial charge >= 0.3 is 0 Å². The van der Waals surface area contributed by atoms with Crippen LogP contribution in [0.15, 0.2) is 22.7 Å². The minimum absolute atomic E-state index is 0.347. The van der Waals surface area contributed by atoms with E-state index in [0.29, 0.717) is 17.6 Å². The Kier molecular flexibility index (Phi) is 2.81. The third kappa shape index (κ3) is 2.01. The first kappa shape index (κ1) is 11.6. The van der Waals surface area contributed by atoms with Crippen LogP contribution in [0.5, 0.6) is 0 Å². The Morgan fingerprint density at radius 2 is 2.22 bits per heavy atom. The fraction of sp³-hybridized carbons (Fsp3) is 0.417. The van der Waals surface area contributed by atoms with E-state index in [0.717, 1.165) is 15.9 Å². The summed E-state index contributed by atoms with van der Waals surface area (Å²) in [6.07, 6.45) is 2.53. The maximum Gasteiger partial charge on any atom is 0.182 e. The third-order valence-corrected chi connectivity index (χ3v) is 4.16. The van der Waals surface area contributed by atoms with Gasteiger partial charge in [0.15, 0.2) is 5.82 Å². The molecule has 1 heterocycles. The predicted octanol–water partition coefficient (Wildman–Crippen LogP) is 2.66. The van der Waals surface area contributed by atoms with Crippen LogP contribution in [0.4, 0.5) is 5.69 Å². The molecule has 0 radical (unpaired) electrons. The molecule has 1 aliphatic carbocycles. The van der Waals surface area contributed by atoms with Crippen LogP contribution in [0.2, 0.25) is 0 Å². The summed E-state index contributed by atoms with van der Waals surface area (Å²) in [5, 5.41) is 12.0. The molecule has 3 rings (SSSR count). The van der Waals surface area contributed by atoms with Crippen molar-refractivity contribution in [3.63, 3.8) is 0 Å². The van der Waals surface area contributed by atoms with Gasteiger partial charge in [0.1, 0.15) is 0 Å². The Balaban J connectivity index is 2.00. The minimum Gasteiger partial charge on any atom is -0.398 e. The van der Waals surface area contributed by atoms with E-state index in [1.165, 1.54) is 12.8 Å². The summed E-state index contributed by atoms with van der Waals surface area (Å²) in [5.74, 6) is 1.49. The molecule has 2 aromatic rings. The zero-order chi connectivity index (χ0) is 12.7. The average molecular weight is 308 g/mol. The molecule has 0 aliphatic heterocycles. The van der Waals surface area contributed by atoms with Crippen molar-refractivity contribution in [3.05, 3.63) is 22.7 Å². The SMILES string of the molecule is CC(C1CC1)n1nnnc1-c1ccc(Br)c(N)c1. The third-order valence-electron chi connectivity index (χ3n) is 3.44. The molecular weight excluding hydrogens is 294 g/mol. The van der Waals surface area contributed by atoms with Gasteiger partial charge in [0.2, 0.25) is 0 Å². The first-order valence-corrected chi connectivity index (χ1v) is 6.79. The number of hydrogen-bond donors (Lipinski definition) is 1. The van der Waals surface area contributed by atoms with Crippen LogP contribution in [0.25, 0.3) is 11.4 Å². The van der Waals surface area contributed by atoms with Gasteiger partial charge in [0.05, 0.1) is 6.04 Å². The Morgan fingerprint density at radius 1 is 1.44 bits per heavy atom. The number of benzene rings is 1. The number of anilines is 1. The number of aromatic nitrogens is 4. The van der Waals surface area contributed by atoms with Crippen molar-refractivity contribution < 1.29 is 0 Å². The standard InChI is InChI=1S/C12H14BrN5/c1-7(8-2-3-8)18-12(15-16-17-18)9-4-5-10(13)11(14)6-9/h4-8H,2-3,14H2,1H3. The van der Waals surface area contributed by atoms with E-state index in [1.807, 2.05) is 22.9 Å². The van der Waals surface area contributed by atoms with Gasteiger partial charge in [-0.05, 0) is 70.2 Å². The molecule has 1 aromatic heterocycles. The van der Waals surface area contributed by atoms with Crippen LogP contribution in [0, 0.1) is 5.92 Å². The fourth-order valence-corrected chi connectivity index (χ4v) is 2.37. The molecule has 1 aliphatic rings. The summed E-state index contributed by atoms with van der Waals surface area (Å²) in [6, 6.07) is 6.14. The van der Waals surface area contributed by atoms with Crippen LogP contribution < -0.4 is 5.73 Å². The average Bonchev–Trinajstić information content (AvgIpc) is 3.09. The summed E-state index contributed by atoms with van der Waals surface area (Å²) in [6.45, 7) is 2.17. The number of nitrogen functional groups attached to an aromatic ring is 1. The second-order valence-corrected chi connectivity index (χ2v) is 5.62. The topological polar surface area (TPSA) is 69.6 Å². The maximum atomic E-state index is 5.90. The van der Waals surface area contributed by atoms with Crippen molar-refractivity contribution in [3.8, 4) is 11.4 Å². The van der Waals surface area contributed by atoms with E-state index in [1.54, 1.807) is 0 Å². The highest BCUT2D eigenvalue weighted by molar-refractivity contribution is 9.10. The highest BCUT2D eigenvalue weighted by Gasteiger charge is 2.31. The van der Waals surface area contributed by atoms with Crippen LogP contribution in [0.3, 0.4) is 0 Å². The Hall–Kier alpha value is -1.43. The molecule has 1 saturated carbocycles. The number of nitrogens with zero attached hydrogens (tertiary/aromatic N) is 4.